The van der Waals surface area contributed by atoms with Gasteiger partial charge in [-0.2, -0.15) is 0 Å². The number of carbonyl (C=O) groups excluding carboxylic acids is 1. The first kappa shape index (κ1) is 6.81. The lowest BCUT2D eigenvalue weighted by Gasteiger charge is -2.19. The molecule has 1 N–H and O–H groups in total. The molecule has 50 valence electrons. The average Bonchev–Trinajstić information content (AvgIpc) is 1.89. The predicted molar refractivity (Wildman–Crippen MR) is 38.9 cm³/mol. The van der Waals surface area contributed by atoms with Crippen LogP contribution in [0.1, 0.15) is 25.7 Å². The van der Waals surface area contributed by atoms with E-state index in [1.807, 2.05) is 7.98 Å². The molecular formula is C6H12BNO. The van der Waals surface area contributed by atoms with Crippen molar-refractivity contribution in [1.29, 1.82) is 0 Å². The zero-order valence-corrected chi connectivity index (χ0v) is 5.81. The molecule has 0 aliphatic heterocycles. The second-order valence-electron chi connectivity index (χ2n) is 2.55. The van der Waals surface area contributed by atoms with E-state index in [4.69, 9.17) is 0 Å². The summed E-state index contributed by atoms with van der Waals surface area (Å²) in [7, 11) is 1.86. The second-order valence-corrected chi connectivity index (χ2v) is 2.55. The van der Waals surface area contributed by atoms with E-state index in [1.54, 1.807) is 0 Å². The minimum absolute atomic E-state index is 0.166. The lowest BCUT2D eigenvalue weighted by molar-refractivity contribution is -0.122. The Labute approximate surface area is 56.4 Å². The van der Waals surface area contributed by atoms with Crippen molar-refractivity contribution in [3.63, 3.8) is 0 Å². The van der Waals surface area contributed by atoms with Crippen molar-refractivity contribution in [2.24, 2.45) is 0 Å². The van der Waals surface area contributed by atoms with Gasteiger partial charge in [-0.25, -0.2) is 0 Å². The Kier molecular flexibility index (Phi) is 2.28. The van der Waals surface area contributed by atoms with Gasteiger partial charge in [0.2, 0.25) is 0 Å². The highest BCUT2D eigenvalue weighted by Crippen LogP contribution is 2.13. The quantitative estimate of drug-likeness (QED) is 0.484. The molecule has 0 aromatic rings. The molecule has 0 radical (unpaired) electrons. The van der Waals surface area contributed by atoms with Crippen LogP contribution >= 0.6 is 0 Å². The highest BCUT2D eigenvalue weighted by molar-refractivity contribution is 6.07. The zero-order valence-electron chi connectivity index (χ0n) is 5.81. The van der Waals surface area contributed by atoms with E-state index in [1.165, 1.54) is 6.42 Å². The van der Waals surface area contributed by atoms with Crippen molar-refractivity contribution in [3.8, 4) is 0 Å². The Morgan fingerprint density at radius 1 is 1.56 bits per heavy atom. The van der Waals surface area contributed by atoms with Gasteiger partial charge in [0.15, 0.2) is 7.98 Å². The normalized spacial score (nSPS) is 28.4. The standard InChI is InChI=1S/C6H12BNO/c7-8-5-3-1-2-4-6(5)9/h5,8H,1-4,7H2. The summed E-state index contributed by atoms with van der Waals surface area (Å²) >= 11 is 0. The first-order valence-corrected chi connectivity index (χ1v) is 3.54. The van der Waals surface area contributed by atoms with Gasteiger partial charge in [-0.15, -0.1) is 0 Å². The third-order valence-corrected chi connectivity index (χ3v) is 1.90. The minimum atomic E-state index is 0.166. The molecule has 0 amide bonds. The van der Waals surface area contributed by atoms with Crippen LogP contribution in [-0.4, -0.2) is 19.8 Å². The van der Waals surface area contributed by atoms with Crippen molar-refractivity contribution >= 4 is 13.8 Å². The number of carbonyl (C=O) groups is 1. The first-order valence-electron chi connectivity index (χ1n) is 3.54. The Balaban J connectivity index is 2.39. The van der Waals surface area contributed by atoms with Crippen LogP contribution in [0.3, 0.4) is 0 Å². The van der Waals surface area contributed by atoms with Crippen molar-refractivity contribution in [2.75, 3.05) is 0 Å². The van der Waals surface area contributed by atoms with Gasteiger partial charge in [0.1, 0.15) is 5.78 Å². The van der Waals surface area contributed by atoms with Crippen LogP contribution in [-0.2, 0) is 4.79 Å². The molecule has 1 unspecified atom stereocenters. The Morgan fingerprint density at radius 2 is 2.33 bits per heavy atom. The molecule has 0 saturated heterocycles. The van der Waals surface area contributed by atoms with Gasteiger partial charge in [0.25, 0.3) is 0 Å². The SMILES string of the molecule is BNC1CCCCC1=O. The van der Waals surface area contributed by atoms with Crippen LogP contribution in [0.2, 0.25) is 0 Å². The number of hydrogen-bond donors (Lipinski definition) is 1. The molecule has 0 bridgehead atoms. The van der Waals surface area contributed by atoms with E-state index >= 15 is 0 Å². The maximum absolute atomic E-state index is 11.0. The van der Waals surface area contributed by atoms with Crippen LogP contribution in [0, 0.1) is 0 Å². The molecule has 1 saturated carbocycles. The summed E-state index contributed by atoms with van der Waals surface area (Å²) in [4.78, 5) is 11.0. The van der Waals surface area contributed by atoms with Gasteiger partial charge in [-0.05, 0) is 12.8 Å². The van der Waals surface area contributed by atoms with Crippen molar-refractivity contribution in [1.82, 2.24) is 5.23 Å². The van der Waals surface area contributed by atoms with Crippen LogP contribution in [0.25, 0.3) is 0 Å². The molecule has 1 atom stereocenters. The molecule has 1 aliphatic rings. The summed E-state index contributed by atoms with van der Waals surface area (Å²) in [6, 6.07) is 0.166. The van der Waals surface area contributed by atoms with Crippen LogP contribution in [0.4, 0.5) is 0 Å². The Hall–Kier alpha value is -0.305. The Bertz CT molecular complexity index is 116. The molecule has 0 heterocycles. The average molecular weight is 125 g/mol. The fraction of sp³-hybridized carbons (Fsp3) is 0.833. The lowest BCUT2D eigenvalue weighted by Crippen LogP contribution is -2.37. The highest BCUT2D eigenvalue weighted by atomic mass is 16.1. The van der Waals surface area contributed by atoms with Crippen molar-refractivity contribution in [2.45, 2.75) is 31.7 Å². The zero-order chi connectivity index (χ0) is 6.69. The fourth-order valence-corrected chi connectivity index (χ4v) is 1.29. The summed E-state index contributed by atoms with van der Waals surface area (Å²) in [5.41, 5.74) is 0. The van der Waals surface area contributed by atoms with E-state index in [-0.39, 0.29) is 6.04 Å². The first-order chi connectivity index (χ1) is 4.34. The molecule has 2 nitrogen and oxygen atoms in total. The van der Waals surface area contributed by atoms with E-state index in [2.05, 4.69) is 5.23 Å². The summed E-state index contributed by atoms with van der Waals surface area (Å²) < 4.78 is 0. The smallest absolute Gasteiger partial charge is 0.182 e. The van der Waals surface area contributed by atoms with Gasteiger partial charge in [-0.1, -0.05) is 6.42 Å². The van der Waals surface area contributed by atoms with Crippen LogP contribution in [0.5, 0.6) is 0 Å². The summed E-state index contributed by atoms with van der Waals surface area (Å²) in [6.45, 7) is 0. The van der Waals surface area contributed by atoms with E-state index in [0.717, 1.165) is 19.3 Å². The summed E-state index contributed by atoms with van der Waals surface area (Å²) in [6.07, 6.45) is 4.12. The number of nitrogens with one attached hydrogen (secondary N) is 1. The van der Waals surface area contributed by atoms with Crippen LogP contribution < -0.4 is 5.23 Å². The molecule has 1 fully saturated rings. The van der Waals surface area contributed by atoms with Crippen LogP contribution in [0.15, 0.2) is 0 Å². The van der Waals surface area contributed by atoms with E-state index in [0.29, 0.717) is 5.78 Å². The number of Topliss-reactive ketones (excluding diaryl/α,β-unsaturated/α-hetero) is 1. The van der Waals surface area contributed by atoms with Crippen molar-refractivity contribution < 1.29 is 4.79 Å². The molecule has 1 aliphatic carbocycles. The second kappa shape index (κ2) is 3.02. The van der Waals surface area contributed by atoms with E-state index in [9.17, 15) is 4.79 Å². The molecule has 9 heavy (non-hydrogen) atoms. The minimum Gasteiger partial charge on any atom is -0.353 e. The molecule has 3 heteroatoms. The maximum atomic E-state index is 11.0. The maximum Gasteiger partial charge on any atom is 0.182 e. The molecule has 0 aromatic heterocycles. The molecule has 0 aromatic carbocycles. The molecule has 0 spiro atoms. The van der Waals surface area contributed by atoms with Gasteiger partial charge >= 0.3 is 0 Å². The Morgan fingerprint density at radius 3 is 2.78 bits per heavy atom. The van der Waals surface area contributed by atoms with E-state index < -0.39 is 0 Å². The fourth-order valence-electron chi connectivity index (χ4n) is 1.29. The molecule has 1 rings (SSSR count). The van der Waals surface area contributed by atoms with Gasteiger partial charge in [0, 0.05) is 6.42 Å². The van der Waals surface area contributed by atoms with Gasteiger partial charge < -0.3 is 5.23 Å². The predicted octanol–water partition coefficient (Wildman–Crippen LogP) is -0.364. The number of rotatable bonds is 1. The van der Waals surface area contributed by atoms with Gasteiger partial charge in [0.05, 0.1) is 6.04 Å². The number of hydrogen-bond acceptors (Lipinski definition) is 2. The largest absolute Gasteiger partial charge is 0.353 e. The third-order valence-electron chi connectivity index (χ3n) is 1.90. The summed E-state index contributed by atoms with van der Waals surface area (Å²) in [5.74, 6) is 0.392. The topological polar surface area (TPSA) is 29.1 Å². The monoisotopic (exact) mass is 125 g/mol. The third kappa shape index (κ3) is 1.55. The number of ketones is 1. The molecular weight excluding hydrogens is 113 g/mol. The van der Waals surface area contributed by atoms with Crippen molar-refractivity contribution in [3.05, 3.63) is 0 Å². The summed E-state index contributed by atoms with van der Waals surface area (Å²) in [5, 5.41) is 3.00. The highest BCUT2D eigenvalue weighted by Gasteiger charge is 2.18. The lowest BCUT2D eigenvalue weighted by atomic mass is 9.93. The van der Waals surface area contributed by atoms with Gasteiger partial charge in [-0.3, -0.25) is 4.79 Å².